The van der Waals surface area contributed by atoms with Gasteiger partial charge in [-0.2, -0.15) is 0 Å². The van der Waals surface area contributed by atoms with Crippen LogP contribution in [0.1, 0.15) is 60.3 Å². The number of ether oxygens (including phenoxy) is 1. The van der Waals surface area contributed by atoms with Crippen molar-refractivity contribution in [3.05, 3.63) is 0 Å². The van der Waals surface area contributed by atoms with Gasteiger partial charge in [-0.1, -0.05) is 6.92 Å². The van der Waals surface area contributed by atoms with E-state index in [4.69, 9.17) is 4.74 Å². The molecule has 0 aliphatic heterocycles. The molecule has 4 heteroatoms. The Morgan fingerprint density at radius 1 is 1.50 bits per heavy atom. The third-order valence-electron chi connectivity index (χ3n) is 5.00. The molecule has 1 saturated carbocycles. The van der Waals surface area contributed by atoms with E-state index in [0.29, 0.717) is 6.04 Å². The molecule has 0 heterocycles. The number of nitrogens with one attached hydrogen (secondary N) is 1. The molecule has 1 aliphatic rings. The van der Waals surface area contributed by atoms with Crippen LogP contribution >= 0.6 is 0 Å². The third kappa shape index (κ3) is 3.53. The summed E-state index contributed by atoms with van der Waals surface area (Å²) in [6.07, 6.45) is 3.82. The molecule has 4 nitrogen and oxygen atoms in total. The predicted octanol–water partition coefficient (Wildman–Crippen LogP) is 2.57. The van der Waals surface area contributed by atoms with Crippen molar-refractivity contribution in [1.82, 2.24) is 10.2 Å². The van der Waals surface area contributed by atoms with E-state index >= 15 is 0 Å². The highest BCUT2D eigenvalue weighted by molar-refractivity contribution is 5.81. The van der Waals surface area contributed by atoms with Crippen molar-refractivity contribution in [3.8, 4) is 0 Å². The SMILES string of the molecule is CCC(C)(C)N(C)C1CCC(NC(C)C)(C(=O)OC)C1. The monoisotopic (exact) mass is 284 g/mol. The highest BCUT2D eigenvalue weighted by Crippen LogP contribution is 2.37. The van der Waals surface area contributed by atoms with Gasteiger partial charge in [-0.25, -0.2) is 0 Å². The first-order valence-electron chi connectivity index (χ1n) is 7.77. The molecule has 0 amide bonds. The Morgan fingerprint density at radius 2 is 2.10 bits per heavy atom. The molecular formula is C16H32N2O2. The van der Waals surface area contributed by atoms with Gasteiger partial charge in [-0.05, 0) is 60.4 Å². The highest BCUT2D eigenvalue weighted by Gasteiger charge is 2.48. The summed E-state index contributed by atoms with van der Waals surface area (Å²) in [7, 11) is 3.66. The van der Waals surface area contributed by atoms with E-state index < -0.39 is 5.54 Å². The van der Waals surface area contributed by atoms with Crippen LogP contribution in [0, 0.1) is 0 Å². The lowest BCUT2D eigenvalue weighted by Gasteiger charge is -2.40. The third-order valence-corrected chi connectivity index (χ3v) is 5.00. The molecule has 0 spiro atoms. The zero-order valence-corrected chi connectivity index (χ0v) is 14.2. The van der Waals surface area contributed by atoms with E-state index in [-0.39, 0.29) is 17.6 Å². The average molecular weight is 284 g/mol. The Balaban J connectivity index is 2.87. The lowest BCUT2D eigenvalue weighted by atomic mass is 9.94. The van der Waals surface area contributed by atoms with Gasteiger partial charge in [0.2, 0.25) is 0 Å². The summed E-state index contributed by atoms with van der Waals surface area (Å²) in [5.74, 6) is -0.114. The number of hydrogen-bond donors (Lipinski definition) is 1. The molecule has 0 aromatic carbocycles. The van der Waals surface area contributed by atoms with Crippen molar-refractivity contribution in [2.75, 3.05) is 14.2 Å². The summed E-state index contributed by atoms with van der Waals surface area (Å²) in [6, 6.07) is 0.702. The van der Waals surface area contributed by atoms with Crippen molar-refractivity contribution in [1.29, 1.82) is 0 Å². The predicted molar refractivity (Wildman–Crippen MR) is 82.8 cm³/mol. The van der Waals surface area contributed by atoms with Gasteiger partial charge in [0.25, 0.3) is 0 Å². The summed E-state index contributed by atoms with van der Waals surface area (Å²) in [5.41, 5.74) is -0.347. The van der Waals surface area contributed by atoms with Crippen LogP contribution in [-0.4, -0.2) is 48.2 Å². The van der Waals surface area contributed by atoms with Gasteiger partial charge in [0.05, 0.1) is 7.11 Å². The molecular weight excluding hydrogens is 252 g/mol. The second-order valence-electron chi connectivity index (χ2n) is 7.05. The fourth-order valence-corrected chi connectivity index (χ4v) is 3.22. The van der Waals surface area contributed by atoms with Crippen LogP contribution in [0.2, 0.25) is 0 Å². The molecule has 20 heavy (non-hydrogen) atoms. The smallest absolute Gasteiger partial charge is 0.326 e. The van der Waals surface area contributed by atoms with Gasteiger partial charge in [-0.3, -0.25) is 15.0 Å². The van der Waals surface area contributed by atoms with Crippen molar-refractivity contribution in [3.63, 3.8) is 0 Å². The zero-order valence-electron chi connectivity index (χ0n) is 14.2. The Morgan fingerprint density at radius 3 is 2.55 bits per heavy atom. The number of esters is 1. The number of nitrogens with zero attached hydrogens (tertiary/aromatic N) is 1. The van der Waals surface area contributed by atoms with Crippen LogP contribution in [0.3, 0.4) is 0 Å². The largest absolute Gasteiger partial charge is 0.468 e. The number of carbonyl (C=O) groups is 1. The first-order valence-corrected chi connectivity index (χ1v) is 7.77. The quantitative estimate of drug-likeness (QED) is 0.761. The van der Waals surface area contributed by atoms with Gasteiger partial charge in [0.15, 0.2) is 0 Å². The molecule has 1 aliphatic carbocycles. The van der Waals surface area contributed by atoms with E-state index in [2.05, 4.69) is 51.9 Å². The Bertz CT molecular complexity index is 341. The van der Waals surface area contributed by atoms with Crippen LogP contribution in [0.25, 0.3) is 0 Å². The van der Waals surface area contributed by atoms with Gasteiger partial charge < -0.3 is 4.74 Å². The van der Waals surface area contributed by atoms with Crippen molar-refractivity contribution in [2.24, 2.45) is 0 Å². The fourth-order valence-electron chi connectivity index (χ4n) is 3.22. The van der Waals surface area contributed by atoms with Crippen molar-refractivity contribution in [2.45, 2.75) is 83.5 Å². The maximum atomic E-state index is 12.3. The van der Waals surface area contributed by atoms with E-state index in [1.807, 2.05) is 0 Å². The van der Waals surface area contributed by atoms with Crippen molar-refractivity contribution >= 4 is 5.97 Å². The number of hydrogen-bond acceptors (Lipinski definition) is 4. The van der Waals surface area contributed by atoms with Gasteiger partial charge >= 0.3 is 5.97 Å². The molecule has 1 fully saturated rings. The minimum Gasteiger partial charge on any atom is -0.468 e. The molecule has 2 unspecified atom stereocenters. The standard InChI is InChI=1S/C16H32N2O2/c1-8-15(4,5)18(6)13-9-10-16(11-13,14(19)20-7)17-12(2)3/h12-13,17H,8-11H2,1-7H3. The van der Waals surface area contributed by atoms with E-state index in [0.717, 1.165) is 25.7 Å². The minimum atomic E-state index is -0.508. The normalized spacial score (nSPS) is 27.4. The maximum Gasteiger partial charge on any atom is 0.326 e. The minimum absolute atomic E-state index is 0.114. The Kier molecular flexibility index (Phi) is 5.61. The van der Waals surface area contributed by atoms with Crippen LogP contribution in [0.15, 0.2) is 0 Å². The zero-order chi connectivity index (χ0) is 15.6. The summed E-state index contributed by atoms with van der Waals surface area (Å²) in [4.78, 5) is 14.7. The average Bonchev–Trinajstić information content (AvgIpc) is 2.81. The van der Waals surface area contributed by atoms with Crippen LogP contribution in [-0.2, 0) is 9.53 Å². The lowest BCUT2D eigenvalue weighted by molar-refractivity contribution is -0.149. The van der Waals surface area contributed by atoms with Gasteiger partial charge in [0, 0.05) is 17.6 Å². The summed E-state index contributed by atoms with van der Waals surface area (Å²) >= 11 is 0. The van der Waals surface area contributed by atoms with Crippen LogP contribution in [0.4, 0.5) is 0 Å². The number of methoxy groups -OCH3 is 1. The van der Waals surface area contributed by atoms with Gasteiger partial charge in [-0.15, -0.1) is 0 Å². The van der Waals surface area contributed by atoms with Gasteiger partial charge in [0.1, 0.15) is 5.54 Å². The molecule has 0 radical (unpaired) electrons. The van der Waals surface area contributed by atoms with E-state index in [1.54, 1.807) is 0 Å². The molecule has 0 saturated heterocycles. The van der Waals surface area contributed by atoms with Crippen LogP contribution < -0.4 is 5.32 Å². The molecule has 0 bridgehead atoms. The molecule has 0 aromatic rings. The molecule has 118 valence electrons. The Labute approximate surface area is 124 Å². The Hall–Kier alpha value is -0.610. The fraction of sp³-hybridized carbons (Fsp3) is 0.938. The number of carbonyl (C=O) groups excluding carboxylic acids is 1. The topological polar surface area (TPSA) is 41.6 Å². The maximum absolute atomic E-state index is 12.3. The summed E-state index contributed by atoms with van der Waals surface area (Å²) in [5, 5.41) is 3.46. The van der Waals surface area contributed by atoms with E-state index in [9.17, 15) is 4.79 Å². The van der Waals surface area contributed by atoms with Crippen LogP contribution in [0.5, 0.6) is 0 Å². The summed E-state index contributed by atoms with van der Waals surface area (Å²) < 4.78 is 5.06. The summed E-state index contributed by atoms with van der Waals surface area (Å²) in [6.45, 7) is 10.9. The first-order chi connectivity index (χ1) is 9.18. The molecule has 1 N–H and O–H groups in total. The second-order valence-corrected chi connectivity index (χ2v) is 7.05. The van der Waals surface area contributed by atoms with E-state index in [1.165, 1.54) is 7.11 Å². The van der Waals surface area contributed by atoms with Crippen molar-refractivity contribution < 1.29 is 9.53 Å². The second kappa shape index (κ2) is 6.44. The molecule has 0 aromatic heterocycles. The lowest BCUT2D eigenvalue weighted by Crippen LogP contribution is -2.55. The highest BCUT2D eigenvalue weighted by atomic mass is 16.5. The first kappa shape index (κ1) is 17.4. The molecule has 1 rings (SSSR count). The molecule has 2 atom stereocenters. The number of rotatable bonds is 6.